The lowest BCUT2D eigenvalue weighted by Crippen LogP contribution is -2.17. The first-order valence-electron chi connectivity index (χ1n) is 7.24. The summed E-state index contributed by atoms with van der Waals surface area (Å²) < 4.78 is 5.11. The number of nitrogens with zero attached hydrogens (tertiary/aromatic N) is 1. The second kappa shape index (κ2) is 6.78. The van der Waals surface area contributed by atoms with Gasteiger partial charge in [0.2, 0.25) is 0 Å². The highest BCUT2D eigenvalue weighted by Gasteiger charge is 2.16. The Morgan fingerprint density at radius 2 is 1.75 bits per heavy atom. The number of ether oxygens (including phenoxy) is 1. The van der Waals surface area contributed by atoms with E-state index >= 15 is 0 Å². The topological polar surface area (TPSA) is 88.5 Å². The number of carbonyl (C=O) groups excluding carboxylic acids is 1. The van der Waals surface area contributed by atoms with Gasteiger partial charge in [0.05, 0.1) is 11.2 Å². The zero-order chi connectivity index (χ0) is 16.9. The summed E-state index contributed by atoms with van der Waals surface area (Å²) in [6.45, 7) is 0.0933. The number of carbonyl (C=O) groups is 2. The number of carboxylic acids is 1. The van der Waals surface area contributed by atoms with E-state index in [0.717, 1.165) is 10.9 Å². The largest absolute Gasteiger partial charge is 0.476 e. The van der Waals surface area contributed by atoms with E-state index in [0.29, 0.717) is 5.52 Å². The minimum Gasteiger partial charge on any atom is -0.476 e. The number of hydrogen-bond donors (Lipinski definition) is 2. The summed E-state index contributed by atoms with van der Waals surface area (Å²) >= 11 is 0. The first kappa shape index (κ1) is 15.5. The van der Waals surface area contributed by atoms with Crippen LogP contribution in [0.4, 0.5) is 10.5 Å². The first-order chi connectivity index (χ1) is 11.6. The lowest BCUT2D eigenvalue weighted by molar-refractivity contribution is 0.0692. The molecular weight excluding hydrogens is 308 g/mol. The van der Waals surface area contributed by atoms with E-state index < -0.39 is 12.1 Å². The number of anilines is 1. The summed E-state index contributed by atoms with van der Waals surface area (Å²) in [6.07, 6.45) is -0.738. The molecule has 0 aliphatic rings. The van der Waals surface area contributed by atoms with E-state index in [2.05, 4.69) is 10.3 Å². The van der Waals surface area contributed by atoms with Crippen molar-refractivity contribution >= 4 is 28.7 Å². The molecule has 6 heteroatoms. The maximum atomic E-state index is 11.9. The molecule has 24 heavy (non-hydrogen) atoms. The number of nitrogens with one attached hydrogen (secondary N) is 1. The van der Waals surface area contributed by atoms with Crippen molar-refractivity contribution in [2.45, 2.75) is 6.61 Å². The van der Waals surface area contributed by atoms with Crippen LogP contribution in [0.2, 0.25) is 0 Å². The average molecular weight is 322 g/mol. The Morgan fingerprint density at radius 3 is 2.50 bits per heavy atom. The molecule has 2 aromatic carbocycles. The summed E-state index contributed by atoms with van der Waals surface area (Å²) in [4.78, 5) is 27.4. The Morgan fingerprint density at radius 1 is 1.04 bits per heavy atom. The van der Waals surface area contributed by atoms with Crippen molar-refractivity contribution in [2.24, 2.45) is 0 Å². The molecule has 3 aromatic rings. The number of aromatic nitrogens is 1. The van der Waals surface area contributed by atoms with E-state index in [9.17, 15) is 14.7 Å². The number of rotatable bonds is 4. The van der Waals surface area contributed by atoms with Crippen molar-refractivity contribution in [3.63, 3.8) is 0 Å². The summed E-state index contributed by atoms with van der Waals surface area (Å²) in [5.41, 5.74) is 1.24. The number of carboxylic acid groups (broad SMARTS) is 1. The standard InChI is InChI=1S/C18H14N2O4/c21-17(22)16-15(10-13-8-4-5-9-14(13)19-16)20-18(23)24-11-12-6-2-1-3-7-12/h1-10H,11H2,(H,20,23)(H,21,22). The fraction of sp³-hybridized carbons (Fsp3) is 0.0556. The number of para-hydroxylation sites is 1. The van der Waals surface area contributed by atoms with Crippen LogP contribution in [0.1, 0.15) is 16.1 Å². The monoisotopic (exact) mass is 322 g/mol. The molecule has 0 aliphatic carbocycles. The van der Waals surface area contributed by atoms with Gasteiger partial charge in [0.1, 0.15) is 6.61 Å². The van der Waals surface area contributed by atoms with Crippen LogP contribution in [0.3, 0.4) is 0 Å². The number of fused-ring (bicyclic) bond motifs is 1. The smallest absolute Gasteiger partial charge is 0.412 e. The van der Waals surface area contributed by atoms with Crippen LogP contribution in [0.5, 0.6) is 0 Å². The van der Waals surface area contributed by atoms with Gasteiger partial charge in [0, 0.05) is 5.39 Å². The molecule has 0 radical (unpaired) electrons. The lowest BCUT2D eigenvalue weighted by Gasteiger charge is -2.10. The zero-order valence-corrected chi connectivity index (χ0v) is 12.6. The molecule has 1 heterocycles. The van der Waals surface area contributed by atoms with Crippen molar-refractivity contribution in [1.82, 2.24) is 4.98 Å². The van der Waals surface area contributed by atoms with Gasteiger partial charge in [-0.1, -0.05) is 48.5 Å². The third-order valence-corrected chi connectivity index (χ3v) is 3.38. The summed E-state index contributed by atoms with van der Waals surface area (Å²) in [5.74, 6) is -1.22. The molecule has 0 saturated carbocycles. The second-order valence-electron chi connectivity index (χ2n) is 5.07. The molecule has 0 saturated heterocycles. The summed E-state index contributed by atoms with van der Waals surface area (Å²) in [5, 5.41) is 12.5. The van der Waals surface area contributed by atoms with E-state index in [1.165, 1.54) is 0 Å². The van der Waals surface area contributed by atoms with Crippen LogP contribution in [-0.2, 0) is 11.3 Å². The molecular formula is C18H14N2O4. The quantitative estimate of drug-likeness (QED) is 0.765. The van der Waals surface area contributed by atoms with Gasteiger partial charge in [-0.25, -0.2) is 14.6 Å². The lowest BCUT2D eigenvalue weighted by atomic mass is 10.1. The van der Waals surface area contributed by atoms with E-state index in [4.69, 9.17) is 4.74 Å². The van der Waals surface area contributed by atoms with E-state index in [1.54, 1.807) is 24.3 Å². The highest BCUT2D eigenvalue weighted by molar-refractivity contribution is 6.00. The molecule has 1 amide bonds. The Kier molecular flexibility index (Phi) is 4.38. The van der Waals surface area contributed by atoms with Crippen LogP contribution in [0, 0.1) is 0 Å². The van der Waals surface area contributed by atoms with Gasteiger partial charge in [0.25, 0.3) is 0 Å². The number of amides is 1. The Balaban J connectivity index is 1.79. The summed E-state index contributed by atoms with van der Waals surface area (Å²) in [7, 11) is 0. The predicted octanol–water partition coefficient (Wildman–Crippen LogP) is 3.68. The molecule has 120 valence electrons. The SMILES string of the molecule is O=C(Nc1cc2ccccc2nc1C(=O)O)OCc1ccccc1. The van der Waals surface area contributed by atoms with E-state index in [1.807, 2.05) is 36.4 Å². The minimum absolute atomic E-state index is 0.0933. The third kappa shape index (κ3) is 3.49. The minimum atomic E-state index is -1.22. The number of benzene rings is 2. The van der Waals surface area contributed by atoms with Crippen molar-refractivity contribution in [1.29, 1.82) is 0 Å². The van der Waals surface area contributed by atoms with Crippen LogP contribution in [0.25, 0.3) is 10.9 Å². The molecule has 0 aliphatic heterocycles. The van der Waals surface area contributed by atoms with Gasteiger partial charge < -0.3 is 9.84 Å². The molecule has 1 aromatic heterocycles. The molecule has 2 N–H and O–H groups in total. The van der Waals surface area contributed by atoms with E-state index in [-0.39, 0.29) is 18.0 Å². The fourth-order valence-corrected chi connectivity index (χ4v) is 2.24. The van der Waals surface area contributed by atoms with Crippen molar-refractivity contribution in [3.05, 3.63) is 71.9 Å². The molecule has 0 bridgehead atoms. The normalized spacial score (nSPS) is 10.3. The average Bonchev–Trinajstić information content (AvgIpc) is 2.60. The highest BCUT2D eigenvalue weighted by Crippen LogP contribution is 2.21. The molecule has 0 spiro atoms. The first-order valence-corrected chi connectivity index (χ1v) is 7.24. The molecule has 0 atom stereocenters. The fourth-order valence-electron chi connectivity index (χ4n) is 2.24. The Bertz CT molecular complexity index is 894. The van der Waals surface area contributed by atoms with Gasteiger partial charge in [-0.15, -0.1) is 0 Å². The second-order valence-corrected chi connectivity index (χ2v) is 5.07. The zero-order valence-electron chi connectivity index (χ0n) is 12.6. The number of hydrogen-bond acceptors (Lipinski definition) is 4. The number of aromatic carboxylic acids is 1. The maximum absolute atomic E-state index is 11.9. The third-order valence-electron chi connectivity index (χ3n) is 3.38. The predicted molar refractivity (Wildman–Crippen MR) is 89.0 cm³/mol. The van der Waals surface area contributed by atoms with Crippen LogP contribution in [-0.4, -0.2) is 22.2 Å². The molecule has 0 fully saturated rings. The molecule has 6 nitrogen and oxygen atoms in total. The molecule has 3 rings (SSSR count). The van der Waals surface area contributed by atoms with Crippen molar-refractivity contribution in [2.75, 3.05) is 5.32 Å². The molecule has 0 unspecified atom stereocenters. The van der Waals surface area contributed by atoms with Crippen molar-refractivity contribution in [3.8, 4) is 0 Å². The van der Waals surface area contributed by atoms with Gasteiger partial charge in [-0.3, -0.25) is 5.32 Å². The number of pyridine rings is 1. The summed E-state index contributed by atoms with van der Waals surface area (Å²) in [6, 6.07) is 17.8. The van der Waals surface area contributed by atoms with Crippen molar-refractivity contribution < 1.29 is 19.4 Å². The van der Waals surface area contributed by atoms with Crippen LogP contribution < -0.4 is 5.32 Å². The van der Waals surface area contributed by atoms with Crippen LogP contribution >= 0.6 is 0 Å². The van der Waals surface area contributed by atoms with Gasteiger partial charge in [-0.2, -0.15) is 0 Å². The van der Waals surface area contributed by atoms with Gasteiger partial charge >= 0.3 is 12.1 Å². The maximum Gasteiger partial charge on any atom is 0.412 e. The highest BCUT2D eigenvalue weighted by atomic mass is 16.5. The van der Waals surface area contributed by atoms with Gasteiger partial charge in [-0.05, 0) is 17.7 Å². The van der Waals surface area contributed by atoms with Gasteiger partial charge in [0.15, 0.2) is 5.69 Å². The Labute approximate surface area is 137 Å². The Hall–Kier alpha value is -3.41. The van der Waals surface area contributed by atoms with Crippen LogP contribution in [0.15, 0.2) is 60.7 Å².